The number of carbonyl (C=O) groups excluding carboxylic acids is 1. The zero-order chi connectivity index (χ0) is 15.1. The van der Waals surface area contributed by atoms with Crippen LogP contribution in [0.5, 0.6) is 5.88 Å². The third-order valence-electron chi connectivity index (χ3n) is 3.53. The number of hydrogen-bond donors (Lipinski definition) is 2. The van der Waals surface area contributed by atoms with E-state index in [1.165, 1.54) is 31.5 Å². The molecule has 116 valence electrons. The van der Waals surface area contributed by atoms with Gasteiger partial charge in [-0.2, -0.15) is 8.78 Å². The molecule has 1 heterocycles. The van der Waals surface area contributed by atoms with Crippen LogP contribution < -0.4 is 15.4 Å². The van der Waals surface area contributed by atoms with Gasteiger partial charge in [-0.3, -0.25) is 0 Å². The molecule has 1 fully saturated rings. The van der Waals surface area contributed by atoms with Crippen molar-refractivity contribution in [2.75, 3.05) is 6.54 Å². The van der Waals surface area contributed by atoms with E-state index >= 15 is 0 Å². The van der Waals surface area contributed by atoms with E-state index < -0.39 is 6.61 Å². The number of rotatable bonds is 7. The number of nitrogens with zero attached hydrogens (tertiary/aromatic N) is 1. The highest BCUT2D eigenvalue weighted by Crippen LogP contribution is 2.28. The second-order valence-corrected chi connectivity index (χ2v) is 5.08. The zero-order valence-electron chi connectivity index (χ0n) is 11.6. The number of ether oxygens (including phenoxy) is 1. The predicted molar refractivity (Wildman–Crippen MR) is 73.1 cm³/mol. The van der Waals surface area contributed by atoms with Crippen LogP contribution in [0.4, 0.5) is 13.6 Å². The maximum atomic E-state index is 12.1. The van der Waals surface area contributed by atoms with Crippen LogP contribution in [0.15, 0.2) is 18.3 Å². The highest BCUT2D eigenvalue weighted by atomic mass is 19.3. The molecule has 0 bridgehead atoms. The van der Waals surface area contributed by atoms with Gasteiger partial charge in [0, 0.05) is 25.4 Å². The Morgan fingerprint density at radius 2 is 2.24 bits per heavy atom. The Kier molecular flexibility index (Phi) is 5.71. The van der Waals surface area contributed by atoms with E-state index in [1.807, 2.05) is 0 Å². The maximum Gasteiger partial charge on any atom is 0.388 e. The van der Waals surface area contributed by atoms with Crippen molar-refractivity contribution in [1.29, 1.82) is 0 Å². The van der Waals surface area contributed by atoms with Crippen molar-refractivity contribution in [3.8, 4) is 5.88 Å². The number of amides is 2. The normalized spacial score (nSPS) is 14.6. The Hall–Kier alpha value is -1.92. The first-order chi connectivity index (χ1) is 10.1. The first-order valence-electron chi connectivity index (χ1n) is 7.05. The quantitative estimate of drug-likeness (QED) is 0.813. The molecule has 0 unspecified atom stereocenters. The molecule has 7 heteroatoms. The molecule has 1 aromatic heterocycles. The smallest absolute Gasteiger partial charge is 0.388 e. The van der Waals surface area contributed by atoms with Crippen molar-refractivity contribution in [1.82, 2.24) is 15.6 Å². The van der Waals surface area contributed by atoms with Crippen LogP contribution in [0.25, 0.3) is 0 Å². The average Bonchev–Trinajstić information content (AvgIpc) is 2.39. The van der Waals surface area contributed by atoms with E-state index in [9.17, 15) is 13.6 Å². The lowest BCUT2D eigenvalue weighted by atomic mass is 9.83. The monoisotopic (exact) mass is 299 g/mol. The minimum absolute atomic E-state index is 0.158. The minimum atomic E-state index is -2.91. The molecule has 0 aromatic carbocycles. The molecule has 2 amide bonds. The summed E-state index contributed by atoms with van der Waals surface area (Å²) in [6.07, 6.45) is 6.18. The molecule has 1 aliphatic rings. The van der Waals surface area contributed by atoms with E-state index in [-0.39, 0.29) is 18.5 Å². The predicted octanol–water partition coefficient (Wildman–Crippen LogP) is 2.67. The van der Waals surface area contributed by atoms with Gasteiger partial charge in [-0.1, -0.05) is 19.3 Å². The first kappa shape index (κ1) is 15.5. The Bertz CT molecular complexity index is 467. The third kappa shape index (κ3) is 5.53. The highest BCUT2D eigenvalue weighted by molar-refractivity contribution is 5.73. The maximum absolute atomic E-state index is 12.1. The summed E-state index contributed by atoms with van der Waals surface area (Å²) >= 11 is 0. The summed E-state index contributed by atoms with van der Waals surface area (Å²) in [5, 5.41) is 5.45. The molecule has 0 saturated heterocycles. The number of alkyl halides is 2. The van der Waals surface area contributed by atoms with Gasteiger partial charge in [-0.15, -0.1) is 0 Å². The van der Waals surface area contributed by atoms with Crippen LogP contribution in [0, 0.1) is 5.92 Å². The van der Waals surface area contributed by atoms with Gasteiger partial charge in [0.05, 0.1) is 0 Å². The van der Waals surface area contributed by atoms with Crippen molar-refractivity contribution in [3.05, 3.63) is 23.9 Å². The summed E-state index contributed by atoms with van der Waals surface area (Å²) in [7, 11) is 0. The topological polar surface area (TPSA) is 63.2 Å². The lowest BCUT2D eigenvalue weighted by Gasteiger charge is -2.25. The van der Waals surface area contributed by atoms with Gasteiger partial charge in [0.15, 0.2) is 0 Å². The summed E-state index contributed by atoms with van der Waals surface area (Å²) < 4.78 is 28.3. The fourth-order valence-electron chi connectivity index (χ4n) is 2.13. The van der Waals surface area contributed by atoms with Gasteiger partial charge in [-0.05, 0) is 24.0 Å². The molecule has 1 saturated carbocycles. The van der Waals surface area contributed by atoms with Gasteiger partial charge in [-0.25, -0.2) is 9.78 Å². The molecule has 0 aliphatic heterocycles. The molecule has 1 aliphatic carbocycles. The fraction of sp³-hybridized carbons (Fsp3) is 0.571. The van der Waals surface area contributed by atoms with E-state index in [1.54, 1.807) is 6.07 Å². The molecule has 2 rings (SSSR count). The molecule has 0 spiro atoms. The van der Waals surface area contributed by atoms with Gasteiger partial charge < -0.3 is 15.4 Å². The second kappa shape index (κ2) is 7.75. The number of nitrogens with one attached hydrogen (secondary N) is 2. The van der Waals surface area contributed by atoms with Gasteiger partial charge in [0.25, 0.3) is 0 Å². The number of pyridine rings is 1. The van der Waals surface area contributed by atoms with Gasteiger partial charge in [0.1, 0.15) is 0 Å². The first-order valence-corrected chi connectivity index (χ1v) is 7.05. The summed E-state index contributed by atoms with van der Waals surface area (Å²) in [5.41, 5.74) is 0.648. The van der Waals surface area contributed by atoms with E-state index in [2.05, 4.69) is 20.4 Å². The van der Waals surface area contributed by atoms with Crippen molar-refractivity contribution >= 4 is 6.03 Å². The van der Waals surface area contributed by atoms with E-state index in [4.69, 9.17) is 0 Å². The van der Waals surface area contributed by atoms with Crippen LogP contribution in [-0.2, 0) is 6.54 Å². The molecule has 5 nitrogen and oxygen atoms in total. The molecule has 21 heavy (non-hydrogen) atoms. The third-order valence-corrected chi connectivity index (χ3v) is 3.53. The van der Waals surface area contributed by atoms with Crippen molar-refractivity contribution in [2.24, 2.45) is 5.92 Å². The van der Waals surface area contributed by atoms with E-state index in [0.29, 0.717) is 12.1 Å². The number of hydrogen-bond acceptors (Lipinski definition) is 3. The summed E-state index contributed by atoms with van der Waals surface area (Å²) in [5.74, 6) is 0.592. The SMILES string of the molecule is O=C(NCCC1CCC1)NCc1ccnc(OC(F)F)c1. The number of urea groups is 1. The number of halogens is 2. The Morgan fingerprint density at radius 3 is 2.90 bits per heavy atom. The van der Waals surface area contributed by atoms with Crippen LogP contribution in [0.1, 0.15) is 31.2 Å². The summed E-state index contributed by atoms with van der Waals surface area (Å²) in [6.45, 7) is -2.01. The Balaban J connectivity index is 1.67. The molecule has 0 radical (unpaired) electrons. The molecule has 1 aromatic rings. The molecular formula is C14H19F2N3O2. The Morgan fingerprint density at radius 1 is 1.43 bits per heavy atom. The van der Waals surface area contributed by atoms with Crippen LogP contribution in [0.3, 0.4) is 0 Å². The Labute approximate surface area is 122 Å². The zero-order valence-corrected chi connectivity index (χ0v) is 11.6. The second-order valence-electron chi connectivity index (χ2n) is 5.08. The van der Waals surface area contributed by atoms with E-state index in [0.717, 1.165) is 12.3 Å². The summed E-state index contributed by atoms with van der Waals surface area (Å²) in [4.78, 5) is 15.2. The number of carbonyl (C=O) groups is 1. The van der Waals surface area contributed by atoms with Crippen LogP contribution in [-0.4, -0.2) is 24.2 Å². The fourth-order valence-corrected chi connectivity index (χ4v) is 2.13. The van der Waals surface area contributed by atoms with Gasteiger partial charge >= 0.3 is 12.6 Å². The van der Waals surface area contributed by atoms with Crippen LogP contribution >= 0.6 is 0 Å². The molecular weight excluding hydrogens is 280 g/mol. The van der Waals surface area contributed by atoms with Crippen molar-refractivity contribution in [3.63, 3.8) is 0 Å². The van der Waals surface area contributed by atoms with Gasteiger partial charge in [0.2, 0.25) is 5.88 Å². The largest absolute Gasteiger partial charge is 0.417 e. The average molecular weight is 299 g/mol. The molecule has 2 N–H and O–H groups in total. The summed E-state index contributed by atoms with van der Waals surface area (Å²) in [6, 6.07) is 2.75. The minimum Gasteiger partial charge on any atom is -0.417 e. The standard InChI is InChI=1S/C14H19F2N3O2/c15-13(16)21-12-8-11(5-6-17-12)9-19-14(20)18-7-4-10-2-1-3-10/h5-6,8,10,13H,1-4,7,9H2,(H2,18,19,20). The van der Waals surface area contributed by atoms with Crippen molar-refractivity contribution in [2.45, 2.75) is 38.8 Å². The lowest BCUT2D eigenvalue weighted by Crippen LogP contribution is -2.36. The van der Waals surface area contributed by atoms with Crippen molar-refractivity contribution < 1.29 is 18.3 Å². The highest BCUT2D eigenvalue weighted by Gasteiger charge is 2.16. The van der Waals surface area contributed by atoms with Crippen LogP contribution in [0.2, 0.25) is 0 Å². The number of aromatic nitrogens is 1. The lowest BCUT2D eigenvalue weighted by molar-refractivity contribution is -0.0528. The molecule has 0 atom stereocenters.